The molecular weight excluding hydrogens is 319 g/mol. The Morgan fingerprint density at radius 2 is 1.83 bits per heavy atom. The number of nitrogens with one attached hydrogen (secondary N) is 2. The highest BCUT2D eigenvalue weighted by Crippen LogP contribution is 2.29. The van der Waals surface area contributed by atoms with E-state index in [9.17, 15) is 18.0 Å². The van der Waals surface area contributed by atoms with E-state index in [4.69, 9.17) is 5.26 Å². The number of H-pyrrole nitrogens is 1. The van der Waals surface area contributed by atoms with Gasteiger partial charge in [0.2, 0.25) is 0 Å². The van der Waals surface area contributed by atoms with Crippen LogP contribution < -0.4 is 5.32 Å². The van der Waals surface area contributed by atoms with Gasteiger partial charge in [-0.2, -0.15) is 18.4 Å². The fraction of sp³-hybridized carbons (Fsp3) is 0.0588. The Morgan fingerprint density at radius 1 is 1.12 bits per heavy atom. The highest BCUT2D eigenvalue weighted by Gasteiger charge is 2.30. The molecule has 0 aliphatic carbocycles. The van der Waals surface area contributed by atoms with E-state index in [0.717, 1.165) is 29.8 Å². The number of aromatic amines is 1. The van der Waals surface area contributed by atoms with Crippen molar-refractivity contribution >= 4 is 22.5 Å². The van der Waals surface area contributed by atoms with Crippen molar-refractivity contribution in [2.24, 2.45) is 0 Å². The third-order valence-corrected chi connectivity index (χ3v) is 3.53. The molecule has 0 saturated carbocycles. The lowest BCUT2D eigenvalue weighted by molar-refractivity contribution is -0.137. The smallest absolute Gasteiger partial charge is 0.359 e. The van der Waals surface area contributed by atoms with E-state index in [2.05, 4.69) is 10.3 Å². The van der Waals surface area contributed by atoms with Crippen molar-refractivity contribution < 1.29 is 18.0 Å². The summed E-state index contributed by atoms with van der Waals surface area (Å²) in [6.45, 7) is 0. The first-order chi connectivity index (χ1) is 11.4. The quantitative estimate of drug-likeness (QED) is 0.735. The molecule has 0 atom stereocenters. The Hall–Kier alpha value is -3.27. The Labute approximate surface area is 134 Å². The number of aromatic nitrogens is 1. The average molecular weight is 329 g/mol. The van der Waals surface area contributed by atoms with E-state index in [1.54, 1.807) is 24.4 Å². The summed E-state index contributed by atoms with van der Waals surface area (Å²) in [4.78, 5) is 15.2. The van der Waals surface area contributed by atoms with Gasteiger partial charge >= 0.3 is 6.18 Å². The number of rotatable bonds is 2. The van der Waals surface area contributed by atoms with E-state index in [1.807, 2.05) is 6.07 Å². The van der Waals surface area contributed by atoms with Gasteiger partial charge in [-0.1, -0.05) is 0 Å². The van der Waals surface area contributed by atoms with Gasteiger partial charge < -0.3 is 10.3 Å². The van der Waals surface area contributed by atoms with E-state index in [0.29, 0.717) is 16.6 Å². The molecule has 1 aromatic heterocycles. The first-order valence-corrected chi connectivity index (χ1v) is 6.88. The zero-order valence-corrected chi connectivity index (χ0v) is 12.1. The number of carbonyl (C=O) groups is 1. The molecule has 0 spiro atoms. The fourth-order valence-electron chi connectivity index (χ4n) is 2.30. The molecule has 0 fully saturated rings. The molecule has 0 aliphatic rings. The number of anilines is 1. The highest BCUT2D eigenvalue weighted by atomic mass is 19.4. The minimum atomic E-state index is -4.44. The predicted molar refractivity (Wildman–Crippen MR) is 82.4 cm³/mol. The Balaban J connectivity index is 1.86. The monoisotopic (exact) mass is 329 g/mol. The van der Waals surface area contributed by atoms with Crippen LogP contribution in [-0.4, -0.2) is 10.9 Å². The standard InChI is InChI=1S/C17H10F3N3O/c18-17(19,20)12-4-2-11(3-5-12)16(24)23-15-9-22-14-6-1-10(8-21)7-13(14)15/h1-7,9,22H,(H,23,24). The third kappa shape index (κ3) is 2.94. The molecule has 120 valence electrons. The lowest BCUT2D eigenvalue weighted by Gasteiger charge is -2.08. The van der Waals surface area contributed by atoms with Crippen LogP contribution in [0.25, 0.3) is 10.9 Å². The maximum atomic E-state index is 12.5. The van der Waals surface area contributed by atoms with Gasteiger partial charge in [-0.15, -0.1) is 0 Å². The van der Waals surface area contributed by atoms with E-state index < -0.39 is 17.6 Å². The summed E-state index contributed by atoms with van der Waals surface area (Å²) >= 11 is 0. The maximum Gasteiger partial charge on any atom is 0.416 e. The first-order valence-electron chi connectivity index (χ1n) is 6.88. The van der Waals surface area contributed by atoms with Gasteiger partial charge in [-0.25, -0.2) is 0 Å². The lowest BCUT2D eigenvalue weighted by atomic mass is 10.1. The van der Waals surface area contributed by atoms with Crippen molar-refractivity contribution in [2.75, 3.05) is 5.32 Å². The number of halogens is 3. The van der Waals surface area contributed by atoms with Crippen LogP contribution in [-0.2, 0) is 6.18 Å². The summed E-state index contributed by atoms with van der Waals surface area (Å²) in [5.74, 6) is -0.535. The third-order valence-electron chi connectivity index (χ3n) is 3.53. The van der Waals surface area contributed by atoms with Crippen LogP contribution in [0.2, 0.25) is 0 Å². The van der Waals surface area contributed by atoms with E-state index in [-0.39, 0.29) is 5.56 Å². The second kappa shape index (κ2) is 5.74. The molecule has 3 rings (SSSR count). The van der Waals surface area contributed by atoms with Crippen molar-refractivity contribution in [1.29, 1.82) is 5.26 Å². The largest absolute Gasteiger partial charge is 0.416 e. The number of alkyl halides is 3. The fourth-order valence-corrected chi connectivity index (χ4v) is 2.30. The summed E-state index contributed by atoms with van der Waals surface area (Å²) in [6, 6.07) is 10.9. The Morgan fingerprint density at radius 3 is 2.46 bits per heavy atom. The van der Waals surface area contributed by atoms with E-state index in [1.165, 1.54) is 0 Å². The van der Waals surface area contributed by atoms with Crippen molar-refractivity contribution in [3.63, 3.8) is 0 Å². The van der Waals surface area contributed by atoms with Gasteiger partial charge in [0, 0.05) is 22.7 Å². The number of fused-ring (bicyclic) bond motifs is 1. The van der Waals surface area contributed by atoms with Crippen LogP contribution >= 0.6 is 0 Å². The van der Waals surface area contributed by atoms with Crippen LogP contribution in [0.4, 0.5) is 18.9 Å². The molecule has 2 N–H and O–H groups in total. The van der Waals surface area contributed by atoms with Crippen LogP contribution in [0.1, 0.15) is 21.5 Å². The molecule has 2 aromatic carbocycles. The second-order valence-corrected chi connectivity index (χ2v) is 5.10. The van der Waals surface area contributed by atoms with Crippen LogP contribution in [0.15, 0.2) is 48.7 Å². The average Bonchev–Trinajstić information content (AvgIpc) is 2.96. The zero-order chi connectivity index (χ0) is 17.3. The number of nitrogens with zero attached hydrogens (tertiary/aromatic N) is 1. The molecule has 24 heavy (non-hydrogen) atoms. The highest BCUT2D eigenvalue weighted by molar-refractivity contribution is 6.09. The molecule has 4 nitrogen and oxygen atoms in total. The second-order valence-electron chi connectivity index (χ2n) is 5.10. The summed E-state index contributed by atoms with van der Waals surface area (Å²) in [7, 11) is 0. The summed E-state index contributed by atoms with van der Waals surface area (Å²) in [5.41, 5.74) is 0.912. The number of hydrogen-bond acceptors (Lipinski definition) is 2. The number of benzene rings is 2. The van der Waals surface area contributed by atoms with Gasteiger partial charge in [-0.05, 0) is 42.5 Å². The summed E-state index contributed by atoms with van der Waals surface area (Å²) in [5, 5.41) is 12.2. The lowest BCUT2D eigenvalue weighted by Crippen LogP contribution is -2.12. The van der Waals surface area contributed by atoms with Crippen molar-refractivity contribution in [3.8, 4) is 6.07 Å². The molecule has 0 aliphatic heterocycles. The molecule has 7 heteroatoms. The number of nitriles is 1. The predicted octanol–water partition coefficient (Wildman–Crippen LogP) is 4.31. The zero-order valence-electron chi connectivity index (χ0n) is 12.1. The molecule has 3 aromatic rings. The van der Waals surface area contributed by atoms with Gasteiger partial charge in [0.15, 0.2) is 0 Å². The molecule has 0 saturated heterocycles. The van der Waals surface area contributed by atoms with Crippen LogP contribution in [0.5, 0.6) is 0 Å². The normalized spacial score (nSPS) is 11.2. The van der Waals surface area contributed by atoms with Crippen LogP contribution in [0, 0.1) is 11.3 Å². The van der Waals surface area contributed by atoms with Gasteiger partial charge in [0.05, 0.1) is 22.9 Å². The molecule has 0 radical (unpaired) electrons. The van der Waals surface area contributed by atoms with Gasteiger partial charge in [0.25, 0.3) is 5.91 Å². The summed E-state index contributed by atoms with van der Waals surface area (Å²) in [6.07, 6.45) is -2.88. The van der Waals surface area contributed by atoms with Gasteiger partial charge in [-0.3, -0.25) is 4.79 Å². The van der Waals surface area contributed by atoms with E-state index >= 15 is 0 Å². The maximum absolute atomic E-state index is 12.5. The van der Waals surface area contributed by atoms with Crippen molar-refractivity contribution in [3.05, 3.63) is 65.4 Å². The van der Waals surface area contributed by atoms with Crippen molar-refractivity contribution in [1.82, 2.24) is 4.98 Å². The number of hydrogen-bond donors (Lipinski definition) is 2. The molecule has 1 amide bonds. The topological polar surface area (TPSA) is 68.7 Å². The number of amides is 1. The minimum absolute atomic E-state index is 0.105. The number of carbonyl (C=O) groups excluding carboxylic acids is 1. The Kier molecular flexibility index (Phi) is 3.73. The van der Waals surface area contributed by atoms with Crippen LogP contribution in [0.3, 0.4) is 0 Å². The molecular formula is C17H10F3N3O. The summed E-state index contributed by atoms with van der Waals surface area (Å²) < 4.78 is 37.6. The SMILES string of the molecule is N#Cc1ccc2[nH]cc(NC(=O)c3ccc(C(F)(F)F)cc3)c2c1. The molecule has 0 bridgehead atoms. The molecule has 1 heterocycles. The van der Waals surface area contributed by atoms with Crippen molar-refractivity contribution in [2.45, 2.75) is 6.18 Å². The molecule has 0 unspecified atom stereocenters. The Bertz CT molecular complexity index is 950. The van der Waals surface area contributed by atoms with Gasteiger partial charge in [0.1, 0.15) is 0 Å². The minimum Gasteiger partial charge on any atom is -0.359 e. The first kappa shape index (κ1) is 15.6.